The van der Waals surface area contributed by atoms with E-state index in [1.165, 1.54) is 30.5 Å². The molecule has 0 spiro atoms. The molecular formula is C17H21FN2O. The van der Waals surface area contributed by atoms with Crippen molar-refractivity contribution in [2.45, 2.75) is 25.3 Å². The molecule has 1 aliphatic carbocycles. The average molecular weight is 288 g/mol. The Labute approximate surface area is 125 Å². The molecule has 112 valence electrons. The van der Waals surface area contributed by atoms with Crippen molar-refractivity contribution in [2.75, 3.05) is 26.7 Å². The van der Waals surface area contributed by atoms with Gasteiger partial charge in [0.15, 0.2) is 0 Å². The van der Waals surface area contributed by atoms with E-state index in [-0.39, 0.29) is 11.7 Å². The normalized spacial score (nSPS) is 18.8. The van der Waals surface area contributed by atoms with Crippen LogP contribution in [0.5, 0.6) is 0 Å². The summed E-state index contributed by atoms with van der Waals surface area (Å²) in [6, 6.07) is 7.19. The van der Waals surface area contributed by atoms with E-state index in [0.717, 1.165) is 18.5 Å². The van der Waals surface area contributed by atoms with Gasteiger partial charge in [0.2, 0.25) is 5.91 Å². The molecular weight excluding hydrogens is 267 g/mol. The van der Waals surface area contributed by atoms with Gasteiger partial charge < -0.3 is 4.90 Å². The summed E-state index contributed by atoms with van der Waals surface area (Å²) in [6.45, 7) is 1.93. The predicted molar refractivity (Wildman–Crippen MR) is 81.2 cm³/mol. The van der Waals surface area contributed by atoms with Gasteiger partial charge in [0, 0.05) is 19.1 Å². The lowest BCUT2D eigenvalue weighted by Crippen LogP contribution is -2.41. The quantitative estimate of drug-likeness (QED) is 0.850. The zero-order valence-electron chi connectivity index (χ0n) is 12.4. The molecule has 0 saturated heterocycles. The lowest BCUT2D eigenvalue weighted by atomic mass is 9.99. The molecule has 1 aliphatic heterocycles. The highest BCUT2D eigenvalue weighted by molar-refractivity contribution is 5.80. The van der Waals surface area contributed by atoms with Crippen LogP contribution in [0.4, 0.5) is 4.39 Å². The highest BCUT2D eigenvalue weighted by Crippen LogP contribution is 2.26. The van der Waals surface area contributed by atoms with Gasteiger partial charge >= 0.3 is 0 Å². The van der Waals surface area contributed by atoms with Crippen molar-refractivity contribution in [3.8, 4) is 0 Å². The minimum Gasteiger partial charge on any atom is -0.338 e. The Bertz CT molecular complexity index is 548. The zero-order chi connectivity index (χ0) is 14.8. The predicted octanol–water partition coefficient (Wildman–Crippen LogP) is 2.54. The molecule has 0 atom stereocenters. The molecule has 1 fully saturated rings. The molecule has 0 radical (unpaired) electrons. The fraction of sp³-hybridized carbons (Fsp3) is 0.471. The summed E-state index contributed by atoms with van der Waals surface area (Å²) in [6.07, 6.45) is 5.37. The third-order valence-electron chi connectivity index (χ3n) is 4.33. The summed E-state index contributed by atoms with van der Waals surface area (Å²) in [5.41, 5.74) is 2.26. The first-order valence-electron chi connectivity index (χ1n) is 7.56. The number of carbonyl (C=O) groups is 1. The molecule has 3 rings (SSSR count). The van der Waals surface area contributed by atoms with Crippen molar-refractivity contribution >= 4 is 11.5 Å². The number of amides is 1. The molecule has 0 aromatic heterocycles. The Morgan fingerprint density at radius 1 is 1.33 bits per heavy atom. The second-order valence-electron chi connectivity index (χ2n) is 5.97. The van der Waals surface area contributed by atoms with Gasteiger partial charge in [0.1, 0.15) is 5.82 Å². The van der Waals surface area contributed by atoms with E-state index in [1.54, 1.807) is 12.1 Å². The standard InChI is InChI=1S/C17H21FN2O/c1-19(16-6-7-16)12-17(21)20-10-8-14(9-11-20)13-2-4-15(18)5-3-13/h2-5,8,16H,6-7,9-12H2,1H3. The minimum absolute atomic E-state index is 0.207. The fourth-order valence-electron chi connectivity index (χ4n) is 2.78. The Balaban J connectivity index is 1.57. The summed E-state index contributed by atoms with van der Waals surface area (Å²) in [5, 5.41) is 0. The molecule has 1 aromatic carbocycles. The first-order valence-corrected chi connectivity index (χ1v) is 7.56. The SMILES string of the molecule is CN(CC(=O)N1CC=C(c2ccc(F)cc2)CC1)C1CC1. The van der Waals surface area contributed by atoms with Gasteiger partial charge in [0.05, 0.1) is 6.54 Å². The summed E-state index contributed by atoms with van der Waals surface area (Å²) in [4.78, 5) is 16.3. The molecule has 2 aliphatic rings. The van der Waals surface area contributed by atoms with Gasteiger partial charge in [-0.2, -0.15) is 0 Å². The van der Waals surface area contributed by atoms with Crippen LogP contribution in [-0.4, -0.2) is 48.4 Å². The first-order chi connectivity index (χ1) is 10.1. The van der Waals surface area contributed by atoms with Gasteiger partial charge in [-0.3, -0.25) is 9.69 Å². The van der Waals surface area contributed by atoms with Crippen molar-refractivity contribution in [3.63, 3.8) is 0 Å². The zero-order valence-corrected chi connectivity index (χ0v) is 12.4. The van der Waals surface area contributed by atoms with E-state index in [4.69, 9.17) is 0 Å². The first kappa shape index (κ1) is 14.3. The highest BCUT2D eigenvalue weighted by Gasteiger charge is 2.28. The number of hydrogen-bond donors (Lipinski definition) is 0. The molecule has 1 amide bonds. The van der Waals surface area contributed by atoms with E-state index < -0.39 is 0 Å². The van der Waals surface area contributed by atoms with Crippen LogP contribution in [0.1, 0.15) is 24.8 Å². The Kier molecular flexibility index (Phi) is 4.06. The maximum atomic E-state index is 12.9. The maximum absolute atomic E-state index is 12.9. The minimum atomic E-state index is -0.213. The summed E-state index contributed by atoms with van der Waals surface area (Å²) in [7, 11) is 2.03. The van der Waals surface area contributed by atoms with Crippen LogP contribution in [0.2, 0.25) is 0 Å². The Hall–Kier alpha value is -1.68. The molecule has 0 bridgehead atoms. The number of hydrogen-bond acceptors (Lipinski definition) is 2. The molecule has 1 saturated carbocycles. The van der Waals surface area contributed by atoms with Crippen molar-refractivity contribution in [3.05, 3.63) is 41.7 Å². The van der Waals surface area contributed by atoms with Gasteiger partial charge in [-0.25, -0.2) is 4.39 Å². The number of benzene rings is 1. The lowest BCUT2D eigenvalue weighted by molar-refractivity contribution is -0.131. The second-order valence-corrected chi connectivity index (χ2v) is 5.97. The van der Waals surface area contributed by atoms with Crippen LogP contribution in [0.15, 0.2) is 30.3 Å². The summed E-state index contributed by atoms with van der Waals surface area (Å²) >= 11 is 0. The Morgan fingerprint density at radius 2 is 2.05 bits per heavy atom. The third-order valence-corrected chi connectivity index (χ3v) is 4.33. The van der Waals surface area contributed by atoms with Crippen LogP contribution < -0.4 is 0 Å². The second kappa shape index (κ2) is 5.98. The fourth-order valence-corrected chi connectivity index (χ4v) is 2.78. The van der Waals surface area contributed by atoms with Gasteiger partial charge in [-0.1, -0.05) is 18.2 Å². The van der Waals surface area contributed by atoms with Gasteiger partial charge in [0.25, 0.3) is 0 Å². The molecule has 3 nitrogen and oxygen atoms in total. The number of carbonyl (C=O) groups excluding carboxylic acids is 1. The molecule has 0 N–H and O–H groups in total. The third kappa shape index (κ3) is 3.50. The topological polar surface area (TPSA) is 23.6 Å². The molecule has 21 heavy (non-hydrogen) atoms. The van der Waals surface area contributed by atoms with E-state index >= 15 is 0 Å². The highest BCUT2D eigenvalue weighted by atomic mass is 19.1. The largest absolute Gasteiger partial charge is 0.338 e. The average Bonchev–Trinajstić information content (AvgIpc) is 3.33. The van der Waals surface area contributed by atoms with Gasteiger partial charge in [-0.05, 0) is 49.6 Å². The van der Waals surface area contributed by atoms with Crippen LogP contribution in [0.25, 0.3) is 5.57 Å². The number of likely N-dealkylation sites (N-methyl/N-ethyl adjacent to an activating group) is 1. The molecule has 0 unspecified atom stereocenters. The van der Waals surface area contributed by atoms with E-state index in [0.29, 0.717) is 19.1 Å². The van der Waals surface area contributed by atoms with Crippen LogP contribution in [0.3, 0.4) is 0 Å². The summed E-state index contributed by atoms with van der Waals surface area (Å²) in [5.74, 6) is -0.00566. The van der Waals surface area contributed by atoms with Crippen molar-refractivity contribution in [2.24, 2.45) is 0 Å². The number of halogens is 1. The van der Waals surface area contributed by atoms with Crippen LogP contribution in [-0.2, 0) is 4.79 Å². The smallest absolute Gasteiger partial charge is 0.237 e. The van der Waals surface area contributed by atoms with E-state index in [1.807, 2.05) is 11.9 Å². The van der Waals surface area contributed by atoms with E-state index in [9.17, 15) is 9.18 Å². The van der Waals surface area contributed by atoms with Crippen molar-refractivity contribution in [1.29, 1.82) is 0 Å². The molecule has 1 aromatic rings. The van der Waals surface area contributed by atoms with Crippen molar-refractivity contribution in [1.82, 2.24) is 9.80 Å². The number of nitrogens with zero attached hydrogens (tertiary/aromatic N) is 2. The van der Waals surface area contributed by atoms with E-state index in [2.05, 4.69) is 11.0 Å². The number of rotatable bonds is 4. The van der Waals surface area contributed by atoms with Gasteiger partial charge in [-0.15, -0.1) is 0 Å². The molecule has 1 heterocycles. The lowest BCUT2D eigenvalue weighted by Gasteiger charge is -2.28. The molecule has 4 heteroatoms. The van der Waals surface area contributed by atoms with Crippen molar-refractivity contribution < 1.29 is 9.18 Å². The Morgan fingerprint density at radius 3 is 2.62 bits per heavy atom. The maximum Gasteiger partial charge on any atom is 0.237 e. The van der Waals surface area contributed by atoms with Crippen LogP contribution in [0, 0.1) is 5.82 Å². The summed E-state index contributed by atoms with van der Waals surface area (Å²) < 4.78 is 12.9. The monoisotopic (exact) mass is 288 g/mol. The van der Waals surface area contributed by atoms with Crippen LogP contribution >= 0.6 is 0 Å².